The summed E-state index contributed by atoms with van der Waals surface area (Å²) in [7, 11) is 0. The van der Waals surface area contributed by atoms with Crippen LogP contribution >= 0.6 is 0 Å². The maximum absolute atomic E-state index is 5.46. The Morgan fingerprint density at radius 3 is 2.95 bits per heavy atom. The standard InChI is InChI=1S/C13H18N6/c14-18-10-7-19-6-5-15-12(19)11(17-10)16-8-13(3-4-13)9-1-2-9/h5-7,9,18H,1-4,8,14H2,(H,16,17). The van der Waals surface area contributed by atoms with Crippen molar-refractivity contribution in [1.82, 2.24) is 14.4 Å². The van der Waals surface area contributed by atoms with E-state index in [9.17, 15) is 0 Å². The molecule has 19 heavy (non-hydrogen) atoms. The Kier molecular flexibility index (Phi) is 2.23. The molecule has 0 radical (unpaired) electrons. The third kappa shape index (κ3) is 1.83. The van der Waals surface area contributed by atoms with Gasteiger partial charge in [0.25, 0.3) is 0 Å². The van der Waals surface area contributed by atoms with Gasteiger partial charge in [-0.05, 0) is 37.0 Å². The summed E-state index contributed by atoms with van der Waals surface area (Å²) in [4.78, 5) is 8.82. The normalized spacial score (nSPS) is 20.5. The molecular formula is C13H18N6. The number of nitrogens with zero attached hydrogens (tertiary/aromatic N) is 3. The number of imidazole rings is 1. The molecule has 2 heterocycles. The summed E-state index contributed by atoms with van der Waals surface area (Å²) in [6.07, 6.45) is 11.0. The van der Waals surface area contributed by atoms with Gasteiger partial charge in [-0.3, -0.25) is 0 Å². The van der Waals surface area contributed by atoms with E-state index in [-0.39, 0.29) is 0 Å². The summed E-state index contributed by atoms with van der Waals surface area (Å²) >= 11 is 0. The van der Waals surface area contributed by atoms with Crippen LogP contribution in [0.1, 0.15) is 25.7 Å². The Hall–Kier alpha value is -1.82. The lowest BCUT2D eigenvalue weighted by molar-refractivity contribution is 0.466. The monoisotopic (exact) mass is 258 g/mol. The van der Waals surface area contributed by atoms with Crippen molar-refractivity contribution in [2.24, 2.45) is 17.2 Å². The van der Waals surface area contributed by atoms with Gasteiger partial charge in [0.1, 0.15) is 0 Å². The summed E-state index contributed by atoms with van der Waals surface area (Å²) in [5, 5.41) is 3.48. The highest BCUT2D eigenvalue weighted by atomic mass is 15.3. The molecule has 2 aromatic heterocycles. The Bertz CT molecular complexity index is 611. The van der Waals surface area contributed by atoms with Gasteiger partial charge in [-0.1, -0.05) is 0 Å². The predicted octanol–water partition coefficient (Wildman–Crippen LogP) is 1.62. The van der Waals surface area contributed by atoms with E-state index in [1.807, 2.05) is 16.8 Å². The van der Waals surface area contributed by atoms with Gasteiger partial charge >= 0.3 is 0 Å². The first-order valence-corrected chi connectivity index (χ1v) is 6.85. The van der Waals surface area contributed by atoms with Gasteiger partial charge in [0.2, 0.25) is 0 Å². The van der Waals surface area contributed by atoms with Crippen molar-refractivity contribution in [3.63, 3.8) is 0 Å². The first-order chi connectivity index (χ1) is 9.31. The Labute approximate surface area is 111 Å². The molecule has 2 aliphatic rings. The Balaban J connectivity index is 1.60. The molecule has 6 heteroatoms. The quantitative estimate of drug-likeness (QED) is 0.561. The average Bonchev–Trinajstić information content (AvgIpc) is 3.33. The van der Waals surface area contributed by atoms with Crippen LogP contribution in [0.3, 0.4) is 0 Å². The van der Waals surface area contributed by atoms with E-state index >= 15 is 0 Å². The molecule has 2 aromatic rings. The van der Waals surface area contributed by atoms with E-state index in [0.717, 1.165) is 23.9 Å². The van der Waals surface area contributed by atoms with Gasteiger partial charge in [0.15, 0.2) is 17.3 Å². The number of anilines is 2. The van der Waals surface area contributed by atoms with Gasteiger partial charge in [-0.15, -0.1) is 0 Å². The van der Waals surface area contributed by atoms with Crippen molar-refractivity contribution in [2.75, 3.05) is 17.3 Å². The number of fused-ring (bicyclic) bond motifs is 1. The van der Waals surface area contributed by atoms with Gasteiger partial charge < -0.3 is 15.1 Å². The molecule has 0 saturated heterocycles. The lowest BCUT2D eigenvalue weighted by Crippen LogP contribution is -2.19. The molecule has 4 rings (SSSR count). The van der Waals surface area contributed by atoms with Crippen molar-refractivity contribution in [2.45, 2.75) is 25.7 Å². The zero-order valence-electron chi connectivity index (χ0n) is 10.8. The van der Waals surface area contributed by atoms with Gasteiger partial charge in [0.05, 0.1) is 6.20 Å². The van der Waals surface area contributed by atoms with E-state index in [1.165, 1.54) is 25.7 Å². The van der Waals surface area contributed by atoms with Gasteiger partial charge in [0, 0.05) is 18.9 Å². The maximum atomic E-state index is 5.46. The number of hydrazine groups is 1. The molecule has 0 spiro atoms. The van der Waals surface area contributed by atoms with Crippen molar-refractivity contribution in [3.05, 3.63) is 18.6 Å². The number of rotatable bonds is 5. The zero-order chi connectivity index (χ0) is 12.9. The second-order valence-electron chi connectivity index (χ2n) is 5.77. The molecule has 0 amide bonds. The molecule has 4 N–H and O–H groups in total. The highest BCUT2D eigenvalue weighted by Crippen LogP contribution is 2.61. The molecule has 2 aliphatic carbocycles. The van der Waals surface area contributed by atoms with E-state index in [0.29, 0.717) is 11.2 Å². The van der Waals surface area contributed by atoms with Gasteiger partial charge in [-0.2, -0.15) is 0 Å². The largest absolute Gasteiger partial charge is 0.366 e. The Morgan fingerprint density at radius 2 is 2.26 bits per heavy atom. The minimum Gasteiger partial charge on any atom is -0.366 e. The maximum Gasteiger partial charge on any atom is 0.180 e. The molecule has 2 fully saturated rings. The minimum atomic E-state index is 0.539. The van der Waals surface area contributed by atoms with E-state index in [2.05, 4.69) is 20.7 Å². The summed E-state index contributed by atoms with van der Waals surface area (Å²) in [5.41, 5.74) is 3.99. The van der Waals surface area contributed by atoms with Crippen molar-refractivity contribution in [1.29, 1.82) is 0 Å². The molecule has 0 bridgehead atoms. The third-order valence-corrected chi connectivity index (χ3v) is 4.47. The second kappa shape index (κ2) is 3.84. The molecule has 0 unspecified atom stereocenters. The van der Waals surface area contributed by atoms with Gasteiger partial charge in [-0.25, -0.2) is 15.8 Å². The minimum absolute atomic E-state index is 0.539. The van der Waals surface area contributed by atoms with Crippen LogP contribution in [0.15, 0.2) is 18.6 Å². The highest BCUT2D eigenvalue weighted by molar-refractivity contribution is 5.65. The SMILES string of the molecule is NNc1cn2ccnc2c(NCC2(C3CC3)CC2)n1. The van der Waals surface area contributed by atoms with Crippen LogP contribution in [0.25, 0.3) is 5.65 Å². The fraction of sp³-hybridized carbons (Fsp3) is 0.538. The first-order valence-electron chi connectivity index (χ1n) is 6.85. The first kappa shape index (κ1) is 11.0. The van der Waals surface area contributed by atoms with E-state index in [1.54, 1.807) is 6.20 Å². The molecule has 0 aromatic carbocycles. The molecule has 0 aliphatic heterocycles. The van der Waals surface area contributed by atoms with E-state index in [4.69, 9.17) is 5.84 Å². The summed E-state index contributed by atoms with van der Waals surface area (Å²) in [5.74, 6) is 7.85. The van der Waals surface area contributed by atoms with Crippen LogP contribution in [0.4, 0.5) is 11.6 Å². The number of hydrogen-bond donors (Lipinski definition) is 3. The molecular weight excluding hydrogens is 240 g/mol. The molecule has 6 nitrogen and oxygen atoms in total. The topological polar surface area (TPSA) is 80.3 Å². The lowest BCUT2D eigenvalue weighted by atomic mass is 10.0. The van der Waals surface area contributed by atoms with Crippen LogP contribution in [-0.4, -0.2) is 20.9 Å². The second-order valence-corrected chi connectivity index (χ2v) is 5.77. The Morgan fingerprint density at radius 1 is 1.42 bits per heavy atom. The molecule has 2 saturated carbocycles. The van der Waals surface area contributed by atoms with Crippen LogP contribution in [0.5, 0.6) is 0 Å². The fourth-order valence-electron chi connectivity index (χ4n) is 2.97. The van der Waals surface area contributed by atoms with Crippen LogP contribution < -0.4 is 16.6 Å². The fourth-order valence-corrected chi connectivity index (χ4v) is 2.97. The molecule has 100 valence electrons. The predicted molar refractivity (Wildman–Crippen MR) is 73.7 cm³/mol. The van der Waals surface area contributed by atoms with Crippen molar-refractivity contribution < 1.29 is 0 Å². The lowest BCUT2D eigenvalue weighted by Gasteiger charge is -2.16. The summed E-state index contributed by atoms with van der Waals surface area (Å²) in [6.45, 7) is 1.00. The van der Waals surface area contributed by atoms with Crippen LogP contribution in [0, 0.1) is 11.3 Å². The number of nitrogen functional groups attached to an aromatic ring is 1. The van der Waals surface area contributed by atoms with Crippen molar-refractivity contribution >= 4 is 17.3 Å². The smallest absolute Gasteiger partial charge is 0.180 e. The summed E-state index contributed by atoms with van der Waals surface area (Å²) < 4.78 is 1.93. The summed E-state index contributed by atoms with van der Waals surface area (Å²) in [6, 6.07) is 0. The van der Waals surface area contributed by atoms with Crippen LogP contribution in [-0.2, 0) is 0 Å². The van der Waals surface area contributed by atoms with Crippen molar-refractivity contribution in [3.8, 4) is 0 Å². The number of nitrogens with one attached hydrogen (secondary N) is 2. The number of nitrogens with two attached hydrogens (primary N) is 1. The van der Waals surface area contributed by atoms with Crippen LogP contribution in [0.2, 0.25) is 0 Å². The average molecular weight is 258 g/mol. The third-order valence-electron chi connectivity index (χ3n) is 4.47. The zero-order valence-corrected chi connectivity index (χ0v) is 10.8. The number of aromatic nitrogens is 3. The highest BCUT2D eigenvalue weighted by Gasteiger charge is 2.53. The number of hydrogen-bond acceptors (Lipinski definition) is 5. The molecule has 0 atom stereocenters. The van der Waals surface area contributed by atoms with E-state index < -0.39 is 0 Å².